The number of rotatable bonds is 5. The summed E-state index contributed by atoms with van der Waals surface area (Å²) in [7, 11) is 0. The molecule has 0 amide bonds. The van der Waals surface area contributed by atoms with Crippen molar-refractivity contribution in [2.75, 3.05) is 13.2 Å². The Bertz CT molecular complexity index is 90.9. The molecule has 0 saturated heterocycles. The van der Waals surface area contributed by atoms with Crippen molar-refractivity contribution in [1.82, 2.24) is 0 Å². The molecule has 0 bridgehead atoms. The number of allylic oxidation sites excluding steroid dienone is 1. The van der Waals surface area contributed by atoms with Crippen molar-refractivity contribution in [3.8, 4) is 0 Å². The predicted octanol–water partition coefficient (Wildman–Crippen LogP) is 2.46. The highest BCUT2D eigenvalue weighted by molar-refractivity contribution is 4.92. The molecule has 0 saturated carbocycles. The van der Waals surface area contributed by atoms with Gasteiger partial charge < -0.3 is 4.74 Å². The summed E-state index contributed by atoms with van der Waals surface area (Å²) in [4.78, 5) is 0. The van der Waals surface area contributed by atoms with Crippen LogP contribution >= 0.6 is 0 Å². The summed E-state index contributed by atoms with van der Waals surface area (Å²) >= 11 is 0. The molecule has 10 heavy (non-hydrogen) atoms. The summed E-state index contributed by atoms with van der Waals surface area (Å²) in [6.07, 6.45) is 3.74. The van der Waals surface area contributed by atoms with Gasteiger partial charge in [0.2, 0.25) is 0 Å². The third-order valence-electron chi connectivity index (χ3n) is 1.10. The highest BCUT2D eigenvalue weighted by Crippen LogP contribution is 1.91. The van der Waals surface area contributed by atoms with Gasteiger partial charge in [0.25, 0.3) is 0 Å². The minimum atomic E-state index is 0.717. The average Bonchev–Trinajstić information content (AvgIpc) is 1.87. The average molecular weight is 140 g/mol. The van der Waals surface area contributed by atoms with Crippen LogP contribution in [0.1, 0.15) is 26.7 Å². The quantitative estimate of drug-likeness (QED) is 0.421. The molecule has 58 valence electrons. The van der Waals surface area contributed by atoms with Crippen LogP contribution in [-0.4, -0.2) is 13.2 Å². The first-order valence-corrected chi connectivity index (χ1v) is 3.68. The molecule has 1 heteroatoms. The van der Waals surface area contributed by atoms with Gasteiger partial charge in [0, 0.05) is 6.61 Å². The van der Waals surface area contributed by atoms with Crippen molar-refractivity contribution in [2.45, 2.75) is 26.7 Å². The van der Waals surface area contributed by atoms with Gasteiger partial charge in [-0.05, 0) is 33.6 Å². The third kappa shape index (κ3) is 7.70. The summed E-state index contributed by atoms with van der Waals surface area (Å²) in [6.45, 7) is 10.9. The lowest BCUT2D eigenvalue weighted by molar-refractivity contribution is 0.159. The number of hydrogen-bond donors (Lipinski definition) is 0. The fraction of sp³-hybridized carbons (Fsp3) is 0.667. The first kappa shape index (κ1) is 9.70. The Kier molecular flexibility index (Phi) is 6.61. The lowest BCUT2D eigenvalue weighted by atomic mass is 10.3. The second-order valence-corrected chi connectivity index (χ2v) is 2.50. The van der Waals surface area contributed by atoms with Crippen molar-refractivity contribution >= 4 is 0 Å². The van der Waals surface area contributed by atoms with Gasteiger partial charge in [0.15, 0.2) is 0 Å². The van der Waals surface area contributed by atoms with Gasteiger partial charge in [-0.15, -0.1) is 0 Å². The van der Waals surface area contributed by atoms with Crippen molar-refractivity contribution in [1.29, 1.82) is 0 Å². The zero-order valence-electron chi connectivity index (χ0n) is 6.89. The van der Waals surface area contributed by atoms with Crippen molar-refractivity contribution in [3.05, 3.63) is 18.6 Å². The summed E-state index contributed by atoms with van der Waals surface area (Å²) < 4.78 is 5.23. The van der Waals surface area contributed by atoms with E-state index in [9.17, 15) is 0 Å². The van der Waals surface area contributed by atoms with E-state index >= 15 is 0 Å². The molecule has 0 aromatic rings. The van der Waals surface area contributed by atoms with E-state index in [1.54, 1.807) is 0 Å². The van der Waals surface area contributed by atoms with Crippen LogP contribution in [-0.2, 0) is 4.74 Å². The molecule has 0 heterocycles. The number of hydrogen-bond acceptors (Lipinski definition) is 1. The molecule has 2 radical (unpaired) electrons. The Morgan fingerprint density at radius 1 is 1.50 bits per heavy atom. The first-order valence-electron chi connectivity index (χ1n) is 3.68. The maximum Gasteiger partial charge on any atom is 0.0649 e. The molecule has 0 spiro atoms. The summed E-state index contributed by atoms with van der Waals surface area (Å²) in [5.74, 6) is 0. The minimum absolute atomic E-state index is 0.717. The molecule has 0 fully saturated rings. The van der Waals surface area contributed by atoms with E-state index in [2.05, 4.69) is 19.9 Å². The van der Waals surface area contributed by atoms with E-state index in [0.717, 1.165) is 26.1 Å². The third-order valence-corrected chi connectivity index (χ3v) is 1.10. The Hall–Kier alpha value is -0.300. The van der Waals surface area contributed by atoms with Gasteiger partial charge in [0.1, 0.15) is 0 Å². The molecule has 0 aliphatic rings. The van der Waals surface area contributed by atoms with Gasteiger partial charge in [0.05, 0.1) is 6.61 Å². The maximum absolute atomic E-state index is 5.28. The van der Waals surface area contributed by atoms with E-state index in [1.165, 1.54) is 5.57 Å². The Balaban J connectivity index is 2.98. The zero-order chi connectivity index (χ0) is 7.82. The normalized spacial score (nSPS) is 9.50. The standard InChI is InChI=1S/C9H16O/c1-4-5-7-10-8-6-9(2)3/h1,6H,4-5,7-8H2,2-3H3. The topological polar surface area (TPSA) is 9.23 Å². The largest absolute Gasteiger partial charge is 0.377 e. The van der Waals surface area contributed by atoms with Gasteiger partial charge >= 0.3 is 0 Å². The Labute approximate surface area is 64.1 Å². The lowest BCUT2D eigenvalue weighted by Gasteiger charge is -1.97. The fourth-order valence-corrected chi connectivity index (χ4v) is 0.494. The van der Waals surface area contributed by atoms with Gasteiger partial charge in [-0.2, -0.15) is 0 Å². The van der Waals surface area contributed by atoms with E-state index in [-0.39, 0.29) is 0 Å². The van der Waals surface area contributed by atoms with Crippen molar-refractivity contribution in [2.24, 2.45) is 0 Å². The van der Waals surface area contributed by atoms with E-state index < -0.39 is 0 Å². The van der Waals surface area contributed by atoms with Gasteiger partial charge in [-0.1, -0.05) is 11.6 Å². The Morgan fingerprint density at radius 3 is 2.70 bits per heavy atom. The lowest BCUT2D eigenvalue weighted by Crippen LogP contribution is -1.93. The first-order chi connectivity index (χ1) is 4.77. The van der Waals surface area contributed by atoms with Crippen LogP contribution in [0.5, 0.6) is 0 Å². The summed E-state index contributed by atoms with van der Waals surface area (Å²) in [5, 5.41) is 0. The fourth-order valence-electron chi connectivity index (χ4n) is 0.494. The van der Waals surface area contributed by atoms with Gasteiger partial charge in [-0.25, -0.2) is 0 Å². The molecule has 0 aromatic carbocycles. The van der Waals surface area contributed by atoms with Crippen LogP contribution < -0.4 is 0 Å². The van der Waals surface area contributed by atoms with Crippen LogP contribution in [0.15, 0.2) is 11.6 Å². The van der Waals surface area contributed by atoms with Crippen LogP contribution in [0.25, 0.3) is 0 Å². The number of ether oxygens (including phenoxy) is 1. The van der Waals surface area contributed by atoms with Crippen molar-refractivity contribution in [3.63, 3.8) is 0 Å². The molecule has 0 N–H and O–H groups in total. The molecule has 0 aromatic heterocycles. The summed E-state index contributed by atoms with van der Waals surface area (Å²) in [5.41, 5.74) is 1.30. The van der Waals surface area contributed by atoms with E-state index in [0.29, 0.717) is 0 Å². The molecule has 0 atom stereocenters. The molecule has 1 nitrogen and oxygen atoms in total. The number of unbranched alkanes of at least 4 members (excludes halogenated alkanes) is 1. The molecule has 0 aliphatic heterocycles. The molecular weight excluding hydrogens is 124 g/mol. The highest BCUT2D eigenvalue weighted by atomic mass is 16.5. The van der Waals surface area contributed by atoms with Gasteiger partial charge in [-0.3, -0.25) is 0 Å². The summed E-state index contributed by atoms with van der Waals surface area (Å²) in [6, 6.07) is 0. The zero-order valence-corrected chi connectivity index (χ0v) is 6.89. The Morgan fingerprint density at radius 2 is 2.20 bits per heavy atom. The monoisotopic (exact) mass is 140 g/mol. The van der Waals surface area contributed by atoms with Crippen LogP contribution in [0, 0.1) is 6.92 Å². The smallest absolute Gasteiger partial charge is 0.0649 e. The predicted molar refractivity (Wildman–Crippen MR) is 43.8 cm³/mol. The maximum atomic E-state index is 5.28. The van der Waals surface area contributed by atoms with Crippen LogP contribution in [0.4, 0.5) is 0 Å². The molecular formula is C9H16O. The van der Waals surface area contributed by atoms with E-state index in [4.69, 9.17) is 11.7 Å². The molecule has 0 aliphatic carbocycles. The van der Waals surface area contributed by atoms with E-state index in [1.807, 2.05) is 0 Å². The van der Waals surface area contributed by atoms with Crippen LogP contribution in [0.2, 0.25) is 0 Å². The van der Waals surface area contributed by atoms with Crippen LogP contribution in [0.3, 0.4) is 0 Å². The molecule has 0 rings (SSSR count). The minimum Gasteiger partial charge on any atom is -0.377 e. The van der Waals surface area contributed by atoms with Crippen molar-refractivity contribution < 1.29 is 4.74 Å². The SMILES string of the molecule is [CH]CCCOCC=C(C)C. The highest BCUT2D eigenvalue weighted by Gasteiger charge is 1.83. The molecule has 0 unspecified atom stereocenters. The second-order valence-electron chi connectivity index (χ2n) is 2.50. The second kappa shape index (κ2) is 6.81.